The lowest BCUT2D eigenvalue weighted by Crippen LogP contribution is -2.64. The van der Waals surface area contributed by atoms with Crippen molar-refractivity contribution < 1.29 is 24.9 Å². The molecule has 5 aliphatic rings. The minimum Gasteiger partial charge on any atom is -0.476 e. The lowest BCUT2D eigenvalue weighted by Gasteiger charge is -2.69. The van der Waals surface area contributed by atoms with Crippen LogP contribution in [0.15, 0.2) is 42.6 Å². The number of aromatic carboxylic acids is 1. The first-order valence-corrected chi connectivity index (χ1v) is 21.8. The summed E-state index contributed by atoms with van der Waals surface area (Å²) in [5.74, 6) is 0.782. The summed E-state index contributed by atoms with van der Waals surface area (Å²) >= 11 is 1.57. The van der Waals surface area contributed by atoms with Gasteiger partial charge < -0.3 is 35.6 Å². The third-order valence-corrected chi connectivity index (χ3v) is 14.3. The second-order valence-electron chi connectivity index (χ2n) is 18.6. The molecule has 59 heavy (non-hydrogen) atoms. The Balaban J connectivity index is 0.940. The van der Waals surface area contributed by atoms with E-state index in [1.807, 2.05) is 55.1 Å². The fourth-order valence-corrected chi connectivity index (χ4v) is 13.0. The van der Waals surface area contributed by atoms with Gasteiger partial charge in [-0.25, -0.2) is 14.8 Å². The number of hydrogen-bond donors (Lipinski definition) is 5. The van der Waals surface area contributed by atoms with E-state index in [0.717, 1.165) is 89.2 Å². The first kappa shape index (κ1) is 39.9. The Morgan fingerprint density at radius 3 is 2.54 bits per heavy atom. The van der Waals surface area contributed by atoms with Gasteiger partial charge >= 0.3 is 5.97 Å². The maximum Gasteiger partial charge on any atom is 0.355 e. The number of carbonyl (C=O) groups is 1. The van der Waals surface area contributed by atoms with Crippen molar-refractivity contribution in [3.63, 3.8) is 0 Å². The molecule has 5 aromatic rings. The Labute approximate surface area is 348 Å². The molecule has 1 aliphatic heterocycles. The molecule has 5 heterocycles. The molecule has 0 saturated heterocycles. The van der Waals surface area contributed by atoms with Gasteiger partial charge in [-0.3, -0.25) is 4.68 Å². The average molecular weight is 822 g/mol. The normalized spacial score (nSPS) is 26.4. The van der Waals surface area contributed by atoms with Gasteiger partial charge in [0.25, 0.3) is 0 Å². The number of benzene rings is 1. The number of aromatic nitrogens is 6. The third kappa shape index (κ3) is 7.60. The van der Waals surface area contributed by atoms with E-state index in [1.54, 1.807) is 17.5 Å². The molecular formula is C44H55N9O5S. The molecular weight excluding hydrogens is 767 g/mol. The molecule has 14 nitrogen and oxygen atoms in total. The summed E-state index contributed by atoms with van der Waals surface area (Å²) in [6.07, 6.45) is 9.80. The Morgan fingerprint density at radius 2 is 1.78 bits per heavy atom. The number of para-hydroxylation sites is 1. The van der Waals surface area contributed by atoms with Crippen molar-refractivity contribution in [3.05, 3.63) is 65.1 Å². The summed E-state index contributed by atoms with van der Waals surface area (Å²) < 4.78 is 10.0. The van der Waals surface area contributed by atoms with Gasteiger partial charge in [0.15, 0.2) is 22.5 Å². The van der Waals surface area contributed by atoms with Crippen molar-refractivity contribution in [2.45, 2.75) is 104 Å². The van der Waals surface area contributed by atoms with Crippen LogP contribution < -0.4 is 15.5 Å². The highest BCUT2D eigenvalue weighted by atomic mass is 32.1. The second kappa shape index (κ2) is 15.2. The van der Waals surface area contributed by atoms with Gasteiger partial charge in [-0.05, 0) is 119 Å². The van der Waals surface area contributed by atoms with Gasteiger partial charge in [0.05, 0.1) is 41.3 Å². The van der Waals surface area contributed by atoms with Crippen LogP contribution in [0.1, 0.15) is 92.5 Å². The molecule has 2 unspecified atom stereocenters. The molecule has 0 spiro atoms. The molecule has 312 valence electrons. The van der Waals surface area contributed by atoms with E-state index in [1.165, 1.54) is 6.42 Å². The van der Waals surface area contributed by atoms with Gasteiger partial charge in [0.1, 0.15) is 5.82 Å². The van der Waals surface area contributed by atoms with Gasteiger partial charge in [-0.1, -0.05) is 37.3 Å². The number of aliphatic hydroxyl groups excluding tert-OH is 2. The quantitative estimate of drug-likeness (QED) is 0.0685. The summed E-state index contributed by atoms with van der Waals surface area (Å²) in [4.78, 5) is 24.4. The maximum absolute atomic E-state index is 12.9. The van der Waals surface area contributed by atoms with Crippen LogP contribution in [0.2, 0.25) is 0 Å². The number of pyridine rings is 1. The fraction of sp³-hybridized carbons (Fsp3) is 0.545. The van der Waals surface area contributed by atoms with Crippen LogP contribution in [0.3, 0.4) is 0 Å². The summed E-state index contributed by atoms with van der Waals surface area (Å²) in [5.41, 5.74) is 5.36. The molecule has 5 atom stereocenters. The highest BCUT2D eigenvalue weighted by Gasteiger charge is 2.66. The van der Waals surface area contributed by atoms with Crippen LogP contribution in [0.4, 0.5) is 22.6 Å². The molecule has 5 N–H and O–H groups in total. The van der Waals surface area contributed by atoms with Gasteiger partial charge in [0, 0.05) is 47.6 Å². The molecule has 4 aromatic heterocycles. The van der Waals surface area contributed by atoms with Crippen molar-refractivity contribution in [3.8, 4) is 11.1 Å². The first-order valence-electron chi connectivity index (χ1n) is 21.0. The largest absolute Gasteiger partial charge is 0.476 e. The number of anilines is 4. The Kier molecular flexibility index (Phi) is 10.3. The van der Waals surface area contributed by atoms with Crippen LogP contribution in [0.5, 0.6) is 0 Å². The lowest BCUT2D eigenvalue weighted by molar-refractivity contribution is -0.247. The van der Waals surface area contributed by atoms with Crippen LogP contribution >= 0.6 is 11.3 Å². The van der Waals surface area contributed by atoms with Gasteiger partial charge in [-0.15, -0.1) is 10.2 Å². The van der Waals surface area contributed by atoms with Gasteiger partial charge in [-0.2, -0.15) is 5.10 Å². The van der Waals surface area contributed by atoms with Crippen molar-refractivity contribution in [2.24, 2.45) is 16.2 Å². The zero-order valence-corrected chi connectivity index (χ0v) is 35.2. The Morgan fingerprint density at radius 1 is 0.983 bits per heavy atom. The van der Waals surface area contributed by atoms with E-state index in [2.05, 4.69) is 39.4 Å². The predicted molar refractivity (Wildman–Crippen MR) is 228 cm³/mol. The molecule has 15 heteroatoms. The summed E-state index contributed by atoms with van der Waals surface area (Å²) in [6, 6.07) is 11.8. The minimum absolute atomic E-state index is 0.00724. The molecule has 0 radical (unpaired) electrons. The molecule has 1 aromatic carbocycles. The third-order valence-electron chi connectivity index (χ3n) is 13.3. The van der Waals surface area contributed by atoms with E-state index in [0.29, 0.717) is 55.7 Å². The van der Waals surface area contributed by atoms with Crippen molar-refractivity contribution >= 4 is 50.1 Å². The highest BCUT2D eigenvalue weighted by Crippen LogP contribution is 2.72. The molecule has 10 rings (SSSR count). The monoisotopic (exact) mass is 821 g/mol. The number of nitrogens with zero attached hydrogens (tertiary/aromatic N) is 7. The highest BCUT2D eigenvalue weighted by molar-refractivity contribution is 7.22. The van der Waals surface area contributed by atoms with Crippen molar-refractivity contribution in [1.29, 1.82) is 0 Å². The van der Waals surface area contributed by atoms with Crippen molar-refractivity contribution in [2.75, 3.05) is 43.1 Å². The number of aliphatic hydroxyl groups is 2. The zero-order valence-electron chi connectivity index (χ0n) is 34.4. The molecule has 0 amide bonds. The number of fused-ring (bicyclic) bond motifs is 2. The number of hydrogen-bond acceptors (Lipinski definition) is 13. The minimum atomic E-state index is -1.09. The van der Waals surface area contributed by atoms with Crippen LogP contribution in [-0.2, 0) is 17.7 Å². The summed E-state index contributed by atoms with van der Waals surface area (Å²) in [6.45, 7) is 12.0. The van der Waals surface area contributed by atoms with E-state index < -0.39 is 12.1 Å². The van der Waals surface area contributed by atoms with Gasteiger partial charge in [0.2, 0.25) is 0 Å². The second-order valence-corrected chi connectivity index (χ2v) is 19.6. The molecule has 4 bridgehead atoms. The SMILES string of the molecule is Cc1c(Nc2nc3ccccc3s2)nnc2c1CCCN2c1ccc(-c2cnn(CC34CC5(OCCNCC[C@H](O)CO)C[C@](C)(C3)C[C@](C)(C4)C5)c2C)c(C(=O)O)n1. The fourth-order valence-electron chi connectivity index (χ4n) is 12.1. The number of thiazole rings is 1. The Bertz CT molecular complexity index is 2350. The lowest BCUT2D eigenvalue weighted by atomic mass is 9.39. The molecule has 4 saturated carbocycles. The smallest absolute Gasteiger partial charge is 0.355 e. The predicted octanol–water partition coefficient (Wildman–Crippen LogP) is 6.96. The van der Waals surface area contributed by atoms with E-state index in [-0.39, 0.29) is 34.1 Å². The number of carboxylic acids is 1. The standard InChI is InChI=1S/C44H55N9O5S/c1-27-30-8-7-16-52(38(30)51-50-37(27)49-40-47-33-9-5-6-10-34(33)59-40)35-12-11-31(36(48-35)39(56)57)32-18-46-53(28(32)2)26-43-21-41(3)20-42(4,22-43)24-44(23-41,25-43)58-17-15-45-14-13-29(55)19-54/h5-6,9-12,18,29,45,54-55H,7-8,13-17,19-26H2,1-4H3,(H,56,57)(H,47,49,50)/t29-,41-,42+,43?,44?/m0/s1. The van der Waals surface area contributed by atoms with Crippen LogP contribution in [-0.4, -0.2) is 95.8 Å². The average Bonchev–Trinajstić information content (AvgIpc) is 3.76. The number of nitrogens with one attached hydrogen (secondary N) is 2. The van der Waals surface area contributed by atoms with E-state index in [4.69, 9.17) is 24.9 Å². The van der Waals surface area contributed by atoms with Crippen LogP contribution in [0.25, 0.3) is 21.3 Å². The molecule has 4 aliphatic carbocycles. The van der Waals surface area contributed by atoms with Crippen LogP contribution in [0, 0.1) is 30.1 Å². The zero-order chi connectivity index (χ0) is 41.2. The van der Waals surface area contributed by atoms with E-state index >= 15 is 0 Å². The number of carboxylic acid groups (broad SMARTS) is 1. The number of rotatable bonds is 15. The Hall–Kier alpha value is -4.54. The summed E-state index contributed by atoms with van der Waals surface area (Å²) in [7, 11) is 0. The van der Waals surface area contributed by atoms with E-state index in [9.17, 15) is 15.0 Å². The maximum atomic E-state index is 12.9. The summed E-state index contributed by atoms with van der Waals surface area (Å²) in [5, 5.41) is 51.0. The molecule has 4 fully saturated rings. The number of ether oxygens (including phenoxy) is 1. The topological polar surface area (TPSA) is 184 Å². The van der Waals surface area contributed by atoms with Crippen molar-refractivity contribution in [1.82, 2.24) is 35.3 Å². The first-order chi connectivity index (χ1) is 28.3.